The third kappa shape index (κ3) is 2.31. The van der Waals surface area contributed by atoms with Crippen molar-refractivity contribution in [3.63, 3.8) is 0 Å². The average molecular weight is 195 g/mol. The van der Waals surface area contributed by atoms with Crippen LogP contribution in [-0.2, 0) is 0 Å². The molecule has 0 heterocycles. The maximum Gasteiger partial charge on any atom is 0.00982 e. The first-order chi connectivity index (χ1) is 6.92. The summed E-state index contributed by atoms with van der Waals surface area (Å²) in [6, 6.07) is 1.94. The van der Waals surface area contributed by atoms with Gasteiger partial charge in [0, 0.05) is 12.1 Å². The normalized spacial score (nSPS) is 24.4. The average Bonchev–Trinajstić information content (AvgIpc) is 2.61. The monoisotopic (exact) mass is 195 g/mol. The quantitative estimate of drug-likeness (QED) is 0.648. The molecular weight excluding hydrogens is 170 g/mol. The van der Waals surface area contributed by atoms with Crippen molar-refractivity contribution in [2.75, 3.05) is 6.54 Å². The number of nitrogens with zero attached hydrogens (tertiary/aromatic N) is 1. The molecule has 1 nitrogen and oxygen atoms in total. The highest BCUT2D eigenvalue weighted by atomic mass is 15.2. The van der Waals surface area contributed by atoms with Gasteiger partial charge in [-0.25, -0.2) is 0 Å². The molecule has 2 aliphatic carbocycles. The predicted octanol–water partition coefficient (Wildman–Crippen LogP) is 3.58. The van der Waals surface area contributed by atoms with Gasteiger partial charge in [-0.1, -0.05) is 32.6 Å². The zero-order valence-electron chi connectivity index (χ0n) is 9.67. The van der Waals surface area contributed by atoms with Crippen LogP contribution in [0.1, 0.15) is 64.7 Å². The Morgan fingerprint density at radius 3 is 1.93 bits per heavy atom. The second-order valence-corrected chi connectivity index (χ2v) is 5.11. The molecule has 0 radical (unpaired) electrons. The van der Waals surface area contributed by atoms with Crippen LogP contribution in [0.4, 0.5) is 0 Å². The molecule has 0 saturated heterocycles. The van der Waals surface area contributed by atoms with Gasteiger partial charge in [-0.15, -0.1) is 0 Å². The van der Waals surface area contributed by atoms with E-state index in [2.05, 4.69) is 11.8 Å². The smallest absolute Gasteiger partial charge is 0.00982 e. The van der Waals surface area contributed by atoms with Crippen molar-refractivity contribution in [3.05, 3.63) is 0 Å². The summed E-state index contributed by atoms with van der Waals surface area (Å²) < 4.78 is 0. The van der Waals surface area contributed by atoms with Gasteiger partial charge < -0.3 is 0 Å². The first-order valence-corrected chi connectivity index (χ1v) is 6.67. The molecule has 0 unspecified atom stereocenters. The summed E-state index contributed by atoms with van der Waals surface area (Å²) in [5, 5.41) is 0. The van der Waals surface area contributed by atoms with Crippen LogP contribution in [0.3, 0.4) is 0 Å². The fourth-order valence-electron chi connectivity index (χ4n) is 2.96. The van der Waals surface area contributed by atoms with Crippen LogP contribution in [0.5, 0.6) is 0 Å². The fraction of sp³-hybridized carbons (Fsp3) is 1.00. The molecule has 0 aromatic rings. The Labute approximate surface area is 88.9 Å². The Kier molecular flexibility index (Phi) is 3.86. The van der Waals surface area contributed by atoms with E-state index in [9.17, 15) is 0 Å². The Morgan fingerprint density at radius 1 is 0.929 bits per heavy atom. The van der Waals surface area contributed by atoms with Gasteiger partial charge in [0.25, 0.3) is 0 Å². The molecule has 2 saturated carbocycles. The Bertz CT molecular complexity index is 157. The maximum atomic E-state index is 2.86. The SMILES string of the molecule is CCCCN(C1CCCC1)C1CCC1. The number of hydrogen-bond acceptors (Lipinski definition) is 1. The number of rotatable bonds is 5. The molecule has 82 valence electrons. The van der Waals surface area contributed by atoms with Crippen molar-refractivity contribution >= 4 is 0 Å². The van der Waals surface area contributed by atoms with Crippen LogP contribution in [0, 0.1) is 0 Å². The van der Waals surface area contributed by atoms with E-state index in [-0.39, 0.29) is 0 Å². The van der Waals surface area contributed by atoms with Gasteiger partial charge in [0.15, 0.2) is 0 Å². The molecule has 0 bridgehead atoms. The second kappa shape index (κ2) is 5.16. The highest BCUT2D eigenvalue weighted by Crippen LogP contribution is 2.32. The van der Waals surface area contributed by atoms with Gasteiger partial charge in [0.05, 0.1) is 0 Å². The molecule has 0 N–H and O–H groups in total. The largest absolute Gasteiger partial charge is 0.297 e. The van der Waals surface area contributed by atoms with Crippen molar-refractivity contribution in [1.29, 1.82) is 0 Å². The lowest BCUT2D eigenvalue weighted by Crippen LogP contribution is -2.46. The molecule has 0 atom stereocenters. The van der Waals surface area contributed by atoms with E-state index in [1.807, 2.05) is 0 Å². The van der Waals surface area contributed by atoms with Crippen LogP contribution >= 0.6 is 0 Å². The zero-order valence-corrected chi connectivity index (χ0v) is 9.67. The van der Waals surface area contributed by atoms with Crippen LogP contribution in [-0.4, -0.2) is 23.5 Å². The zero-order chi connectivity index (χ0) is 9.80. The van der Waals surface area contributed by atoms with Crippen molar-refractivity contribution in [2.24, 2.45) is 0 Å². The van der Waals surface area contributed by atoms with E-state index in [4.69, 9.17) is 0 Å². The second-order valence-electron chi connectivity index (χ2n) is 5.11. The van der Waals surface area contributed by atoms with E-state index in [0.29, 0.717) is 0 Å². The van der Waals surface area contributed by atoms with Crippen LogP contribution < -0.4 is 0 Å². The van der Waals surface area contributed by atoms with E-state index >= 15 is 0 Å². The minimum Gasteiger partial charge on any atom is -0.297 e. The molecule has 2 fully saturated rings. The lowest BCUT2D eigenvalue weighted by atomic mass is 9.89. The molecular formula is C13H25N. The third-order valence-corrected chi connectivity index (χ3v) is 4.11. The summed E-state index contributed by atoms with van der Waals surface area (Å²) in [5.41, 5.74) is 0. The minimum absolute atomic E-state index is 0.965. The van der Waals surface area contributed by atoms with Gasteiger partial charge >= 0.3 is 0 Å². The molecule has 0 aliphatic heterocycles. The van der Waals surface area contributed by atoms with Crippen molar-refractivity contribution in [2.45, 2.75) is 76.8 Å². The van der Waals surface area contributed by atoms with Gasteiger partial charge in [-0.05, 0) is 38.6 Å². The fourth-order valence-corrected chi connectivity index (χ4v) is 2.96. The lowest BCUT2D eigenvalue weighted by Gasteiger charge is -2.41. The first kappa shape index (κ1) is 10.5. The van der Waals surface area contributed by atoms with Gasteiger partial charge in [-0.2, -0.15) is 0 Å². The van der Waals surface area contributed by atoms with Gasteiger partial charge in [0.2, 0.25) is 0 Å². The summed E-state index contributed by atoms with van der Waals surface area (Å²) in [4.78, 5) is 2.86. The molecule has 0 aromatic carbocycles. The maximum absolute atomic E-state index is 2.86. The van der Waals surface area contributed by atoms with Gasteiger partial charge in [-0.3, -0.25) is 4.90 Å². The summed E-state index contributed by atoms with van der Waals surface area (Å²) >= 11 is 0. The molecule has 14 heavy (non-hydrogen) atoms. The topological polar surface area (TPSA) is 3.24 Å². The predicted molar refractivity (Wildman–Crippen MR) is 61.5 cm³/mol. The number of hydrogen-bond donors (Lipinski definition) is 0. The molecule has 0 aromatic heterocycles. The van der Waals surface area contributed by atoms with E-state index < -0.39 is 0 Å². The molecule has 0 amide bonds. The Morgan fingerprint density at radius 2 is 1.50 bits per heavy atom. The van der Waals surface area contributed by atoms with E-state index in [1.165, 1.54) is 64.3 Å². The third-order valence-electron chi connectivity index (χ3n) is 4.11. The van der Waals surface area contributed by atoms with Crippen LogP contribution in [0.25, 0.3) is 0 Å². The highest BCUT2D eigenvalue weighted by molar-refractivity contribution is 4.87. The lowest BCUT2D eigenvalue weighted by molar-refractivity contribution is 0.0799. The van der Waals surface area contributed by atoms with Gasteiger partial charge in [0.1, 0.15) is 0 Å². The molecule has 1 heteroatoms. The minimum atomic E-state index is 0.965. The summed E-state index contributed by atoms with van der Waals surface area (Å²) in [7, 11) is 0. The van der Waals surface area contributed by atoms with Crippen LogP contribution in [0.15, 0.2) is 0 Å². The summed E-state index contributed by atoms with van der Waals surface area (Å²) in [6.07, 6.45) is 13.2. The van der Waals surface area contributed by atoms with E-state index in [1.54, 1.807) is 0 Å². The Hall–Kier alpha value is -0.0400. The molecule has 0 spiro atoms. The Balaban J connectivity index is 1.83. The van der Waals surface area contributed by atoms with Crippen molar-refractivity contribution in [1.82, 2.24) is 4.90 Å². The summed E-state index contributed by atoms with van der Waals surface area (Å²) in [5.74, 6) is 0. The van der Waals surface area contributed by atoms with Crippen molar-refractivity contribution in [3.8, 4) is 0 Å². The molecule has 2 aliphatic rings. The summed E-state index contributed by atoms with van der Waals surface area (Å²) in [6.45, 7) is 3.69. The first-order valence-electron chi connectivity index (χ1n) is 6.67. The number of unbranched alkanes of at least 4 members (excludes halogenated alkanes) is 1. The van der Waals surface area contributed by atoms with E-state index in [0.717, 1.165) is 12.1 Å². The van der Waals surface area contributed by atoms with Crippen LogP contribution in [0.2, 0.25) is 0 Å². The standard InChI is InChI=1S/C13H25N/c1-2-3-11-14(13-9-6-10-13)12-7-4-5-8-12/h12-13H,2-11H2,1H3. The highest BCUT2D eigenvalue weighted by Gasteiger charge is 2.31. The molecule has 2 rings (SSSR count). The van der Waals surface area contributed by atoms with Crippen molar-refractivity contribution < 1.29 is 0 Å².